The van der Waals surface area contributed by atoms with Gasteiger partial charge in [0.05, 0.1) is 0 Å². The molecule has 0 saturated heterocycles. The Morgan fingerprint density at radius 2 is 2.13 bits per heavy atom. The average Bonchev–Trinajstić information content (AvgIpc) is 2.64. The van der Waals surface area contributed by atoms with Crippen molar-refractivity contribution in [2.24, 2.45) is 0 Å². The summed E-state index contributed by atoms with van der Waals surface area (Å²) < 4.78 is 0. The van der Waals surface area contributed by atoms with E-state index in [2.05, 4.69) is 19.1 Å². The lowest BCUT2D eigenvalue weighted by Gasteiger charge is -2.19. The molecule has 0 bridgehead atoms. The highest BCUT2D eigenvalue weighted by atomic mass is 32.1. The highest BCUT2D eigenvalue weighted by Crippen LogP contribution is 2.18. The van der Waals surface area contributed by atoms with Crippen molar-refractivity contribution in [3.63, 3.8) is 0 Å². The number of carboxylic acids is 1. The lowest BCUT2D eigenvalue weighted by Crippen LogP contribution is -2.34. The third kappa shape index (κ3) is 3.32. The second-order valence-electron chi connectivity index (χ2n) is 3.65. The predicted octanol–water partition coefficient (Wildman–Crippen LogP) is 2.22. The van der Waals surface area contributed by atoms with Crippen LogP contribution in [0.3, 0.4) is 0 Å². The monoisotopic (exact) mass is 227 g/mol. The molecule has 0 fully saturated rings. The van der Waals surface area contributed by atoms with Crippen LogP contribution in [0.2, 0.25) is 0 Å². The van der Waals surface area contributed by atoms with Crippen LogP contribution in [0.5, 0.6) is 0 Å². The maximum absolute atomic E-state index is 10.8. The highest BCUT2D eigenvalue weighted by Gasteiger charge is 2.17. The van der Waals surface area contributed by atoms with E-state index in [1.807, 2.05) is 11.9 Å². The van der Waals surface area contributed by atoms with Crippen LogP contribution in [0.15, 0.2) is 12.1 Å². The molecule has 3 nitrogen and oxygen atoms in total. The summed E-state index contributed by atoms with van der Waals surface area (Å²) in [6.45, 7) is 4.54. The molecule has 84 valence electrons. The quantitative estimate of drug-likeness (QED) is 0.838. The molecule has 1 heterocycles. The van der Waals surface area contributed by atoms with Crippen molar-refractivity contribution in [2.45, 2.75) is 32.9 Å². The second kappa shape index (κ2) is 5.28. The molecule has 1 aromatic rings. The maximum Gasteiger partial charge on any atom is 0.320 e. The van der Waals surface area contributed by atoms with Crippen LogP contribution >= 0.6 is 11.3 Å². The SMILES string of the molecule is CCc1ccc(CN(C)C(C)C(=O)O)s1. The number of thiophene rings is 1. The first-order chi connectivity index (χ1) is 7.04. The van der Waals surface area contributed by atoms with Gasteiger partial charge in [0, 0.05) is 16.3 Å². The maximum atomic E-state index is 10.8. The van der Waals surface area contributed by atoms with Gasteiger partial charge in [-0.1, -0.05) is 6.92 Å². The minimum absolute atomic E-state index is 0.433. The first-order valence-corrected chi connectivity index (χ1v) is 5.87. The molecule has 1 rings (SSSR count). The fraction of sp³-hybridized carbons (Fsp3) is 0.545. The van der Waals surface area contributed by atoms with Gasteiger partial charge in [0.25, 0.3) is 0 Å². The zero-order chi connectivity index (χ0) is 11.4. The summed E-state index contributed by atoms with van der Waals surface area (Å²) in [5.41, 5.74) is 0. The molecule has 0 radical (unpaired) electrons. The first kappa shape index (κ1) is 12.2. The average molecular weight is 227 g/mol. The van der Waals surface area contributed by atoms with Gasteiger partial charge in [-0.3, -0.25) is 9.69 Å². The van der Waals surface area contributed by atoms with Crippen molar-refractivity contribution >= 4 is 17.3 Å². The fourth-order valence-electron chi connectivity index (χ4n) is 1.27. The Hall–Kier alpha value is -0.870. The Morgan fingerprint density at radius 3 is 2.60 bits per heavy atom. The van der Waals surface area contributed by atoms with Crippen molar-refractivity contribution in [3.8, 4) is 0 Å². The summed E-state index contributed by atoms with van der Waals surface area (Å²) in [7, 11) is 1.84. The van der Waals surface area contributed by atoms with E-state index in [1.165, 1.54) is 9.75 Å². The van der Waals surface area contributed by atoms with Crippen LogP contribution in [0.25, 0.3) is 0 Å². The van der Waals surface area contributed by atoms with Crippen LogP contribution in [-0.2, 0) is 17.8 Å². The minimum atomic E-state index is -0.773. The number of aryl methyl sites for hydroxylation is 1. The van der Waals surface area contributed by atoms with Gasteiger partial charge in [-0.15, -0.1) is 11.3 Å². The predicted molar refractivity (Wildman–Crippen MR) is 62.3 cm³/mol. The van der Waals surface area contributed by atoms with E-state index in [0.717, 1.165) is 6.42 Å². The smallest absolute Gasteiger partial charge is 0.320 e. The number of hydrogen-bond acceptors (Lipinski definition) is 3. The molecule has 0 saturated carbocycles. The van der Waals surface area contributed by atoms with E-state index >= 15 is 0 Å². The Kier molecular flexibility index (Phi) is 4.29. The molecule has 0 aliphatic carbocycles. The van der Waals surface area contributed by atoms with Gasteiger partial charge in [-0.25, -0.2) is 0 Å². The van der Waals surface area contributed by atoms with Gasteiger partial charge in [0.1, 0.15) is 6.04 Å². The van der Waals surface area contributed by atoms with Crippen molar-refractivity contribution in [2.75, 3.05) is 7.05 Å². The van der Waals surface area contributed by atoms with Gasteiger partial charge in [0.2, 0.25) is 0 Å². The molecule has 1 atom stereocenters. The number of carbonyl (C=O) groups is 1. The van der Waals surface area contributed by atoms with Crippen LogP contribution < -0.4 is 0 Å². The van der Waals surface area contributed by atoms with Crippen molar-refractivity contribution in [3.05, 3.63) is 21.9 Å². The normalized spacial score (nSPS) is 13.1. The van der Waals surface area contributed by atoms with Crippen LogP contribution in [0.4, 0.5) is 0 Å². The summed E-state index contributed by atoms with van der Waals surface area (Å²) in [5.74, 6) is -0.773. The third-order valence-electron chi connectivity index (χ3n) is 2.49. The topological polar surface area (TPSA) is 40.5 Å². The van der Waals surface area contributed by atoms with Crippen molar-refractivity contribution < 1.29 is 9.90 Å². The largest absolute Gasteiger partial charge is 0.480 e. The van der Waals surface area contributed by atoms with E-state index in [0.29, 0.717) is 6.54 Å². The molecule has 0 spiro atoms. The molecule has 0 aliphatic heterocycles. The molecule has 1 aromatic heterocycles. The molecular formula is C11H17NO2S. The van der Waals surface area contributed by atoms with Gasteiger partial charge in [0.15, 0.2) is 0 Å². The summed E-state index contributed by atoms with van der Waals surface area (Å²) in [6, 6.07) is 3.76. The van der Waals surface area contributed by atoms with E-state index < -0.39 is 12.0 Å². The van der Waals surface area contributed by atoms with E-state index in [9.17, 15) is 4.79 Å². The standard InChI is InChI=1S/C11H17NO2S/c1-4-9-5-6-10(15-9)7-12(3)8(2)11(13)14/h5-6,8H,4,7H2,1-3H3,(H,13,14). The Balaban J connectivity index is 2.57. The van der Waals surface area contributed by atoms with Crippen molar-refractivity contribution in [1.82, 2.24) is 4.90 Å². The number of likely N-dealkylation sites (N-methyl/N-ethyl adjacent to an activating group) is 1. The van der Waals surface area contributed by atoms with Crippen LogP contribution in [0.1, 0.15) is 23.6 Å². The summed E-state index contributed by atoms with van der Waals surface area (Å²) in [5, 5.41) is 8.84. The van der Waals surface area contributed by atoms with Gasteiger partial charge < -0.3 is 5.11 Å². The lowest BCUT2D eigenvalue weighted by molar-refractivity contribution is -0.142. The number of nitrogens with zero attached hydrogens (tertiary/aromatic N) is 1. The molecule has 0 aromatic carbocycles. The number of rotatable bonds is 5. The molecule has 1 N–H and O–H groups in total. The molecule has 4 heteroatoms. The van der Waals surface area contributed by atoms with Gasteiger partial charge in [-0.05, 0) is 32.5 Å². The Labute approximate surface area is 94.3 Å². The Bertz CT molecular complexity index is 335. The minimum Gasteiger partial charge on any atom is -0.480 e. The first-order valence-electron chi connectivity index (χ1n) is 5.05. The van der Waals surface area contributed by atoms with Crippen molar-refractivity contribution in [1.29, 1.82) is 0 Å². The highest BCUT2D eigenvalue weighted by molar-refractivity contribution is 7.11. The number of aliphatic carboxylic acids is 1. The van der Waals surface area contributed by atoms with Gasteiger partial charge >= 0.3 is 5.97 Å². The Morgan fingerprint density at radius 1 is 1.53 bits per heavy atom. The fourth-order valence-corrected chi connectivity index (χ4v) is 2.29. The zero-order valence-electron chi connectivity index (χ0n) is 9.36. The third-order valence-corrected chi connectivity index (χ3v) is 3.70. The molecule has 15 heavy (non-hydrogen) atoms. The lowest BCUT2D eigenvalue weighted by atomic mass is 10.3. The molecule has 0 aliphatic rings. The molecular weight excluding hydrogens is 210 g/mol. The summed E-state index contributed by atoms with van der Waals surface area (Å²) in [6.07, 6.45) is 1.04. The molecule has 1 unspecified atom stereocenters. The van der Waals surface area contributed by atoms with Gasteiger partial charge in [-0.2, -0.15) is 0 Å². The second-order valence-corrected chi connectivity index (χ2v) is 4.90. The summed E-state index contributed by atoms with van der Waals surface area (Å²) >= 11 is 1.76. The molecule has 0 amide bonds. The van der Waals surface area contributed by atoms with E-state index in [1.54, 1.807) is 18.3 Å². The summed E-state index contributed by atoms with van der Waals surface area (Å²) in [4.78, 5) is 15.2. The van der Waals surface area contributed by atoms with E-state index in [4.69, 9.17) is 5.11 Å². The van der Waals surface area contributed by atoms with Crippen LogP contribution in [0, 0.1) is 0 Å². The zero-order valence-corrected chi connectivity index (χ0v) is 10.2. The van der Waals surface area contributed by atoms with E-state index in [-0.39, 0.29) is 0 Å². The number of carboxylic acid groups (broad SMARTS) is 1. The number of hydrogen-bond donors (Lipinski definition) is 1. The van der Waals surface area contributed by atoms with Crippen LogP contribution in [-0.4, -0.2) is 29.1 Å².